The SMILES string of the molecule is COc1ccccc1-c1nnc(SCC(=O)Nc2nnc(C3CCCCC3)s2)n1C. The van der Waals surface area contributed by atoms with E-state index in [1.807, 2.05) is 35.9 Å². The van der Waals surface area contributed by atoms with Gasteiger partial charge in [0.05, 0.1) is 18.4 Å². The number of methoxy groups -OCH3 is 1. The minimum atomic E-state index is -0.131. The average Bonchev–Trinajstić information content (AvgIpc) is 3.39. The number of para-hydroxylation sites is 1. The van der Waals surface area contributed by atoms with Gasteiger partial charge in [0.15, 0.2) is 11.0 Å². The number of carbonyl (C=O) groups excluding carboxylic acids is 1. The third-order valence-corrected chi connectivity index (χ3v) is 7.18. The number of hydrogen-bond donors (Lipinski definition) is 1. The number of amides is 1. The van der Waals surface area contributed by atoms with Crippen LogP contribution < -0.4 is 10.1 Å². The topological polar surface area (TPSA) is 94.8 Å². The van der Waals surface area contributed by atoms with Crippen molar-refractivity contribution >= 4 is 34.1 Å². The molecular weight excluding hydrogens is 420 g/mol. The van der Waals surface area contributed by atoms with Crippen molar-refractivity contribution < 1.29 is 9.53 Å². The number of thioether (sulfide) groups is 1. The Morgan fingerprint density at radius 3 is 2.80 bits per heavy atom. The predicted molar refractivity (Wildman–Crippen MR) is 118 cm³/mol. The molecule has 0 radical (unpaired) electrons. The van der Waals surface area contributed by atoms with Gasteiger partial charge in [0.1, 0.15) is 10.8 Å². The Morgan fingerprint density at radius 2 is 2.00 bits per heavy atom. The highest BCUT2D eigenvalue weighted by molar-refractivity contribution is 7.99. The van der Waals surface area contributed by atoms with Crippen molar-refractivity contribution in [1.29, 1.82) is 0 Å². The van der Waals surface area contributed by atoms with Crippen LogP contribution in [0.15, 0.2) is 29.4 Å². The summed E-state index contributed by atoms with van der Waals surface area (Å²) in [4.78, 5) is 12.4. The van der Waals surface area contributed by atoms with E-state index in [2.05, 4.69) is 25.7 Å². The van der Waals surface area contributed by atoms with Gasteiger partial charge in [0.2, 0.25) is 11.0 Å². The summed E-state index contributed by atoms with van der Waals surface area (Å²) in [7, 11) is 3.51. The standard InChI is InChI=1S/C20H24N6O2S2/c1-26-17(14-10-6-7-11-15(14)28-2)22-25-20(26)29-12-16(27)21-19-24-23-18(30-19)13-8-4-3-5-9-13/h6-7,10-11,13H,3-5,8-9,12H2,1-2H3,(H,21,24,27). The summed E-state index contributed by atoms with van der Waals surface area (Å²) in [5, 5.41) is 22.0. The third-order valence-electron chi connectivity index (χ3n) is 5.16. The first kappa shape index (κ1) is 20.8. The number of aromatic nitrogens is 5. The van der Waals surface area contributed by atoms with E-state index in [4.69, 9.17) is 4.74 Å². The number of benzene rings is 1. The summed E-state index contributed by atoms with van der Waals surface area (Å²) in [6.07, 6.45) is 6.13. The second-order valence-electron chi connectivity index (χ2n) is 7.18. The number of ether oxygens (including phenoxy) is 1. The molecule has 158 valence electrons. The maximum absolute atomic E-state index is 12.4. The fraction of sp³-hybridized carbons (Fsp3) is 0.450. The Balaban J connectivity index is 1.35. The van der Waals surface area contributed by atoms with Gasteiger partial charge in [-0.15, -0.1) is 20.4 Å². The van der Waals surface area contributed by atoms with Crippen LogP contribution in [0, 0.1) is 0 Å². The molecule has 1 aromatic carbocycles. The fourth-order valence-corrected chi connectivity index (χ4v) is 5.23. The molecule has 0 aliphatic heterocycles. The van der Waals surface area contributed by atoms with Crippen LogP contribution in [0.2, 0.25) is 0 Å². The first-order chi connectivity index (χ1) is 14.7. The summed E-state index contributed by atoms with van der Waals surface area (Å²) in [6, 6.07) is 7.65. The maximum atomic E-state index is 12.4. The van der Waals surface area contributed by atoms with Gasteiger partial charge >= 0.3 is 0 Å². The molecule has 2 heterocycles. The molecule has 1 N–H and O–H groups in total. The van der Waals surface area contributed by atoms with Crippen molar-refractivity contribution in [3.05, 3.63) is 29.3 Å². The van der Waals surface area contributed by atoms with Gasteiger partial charge in [-0.25, -0.2) is 0 Å². The molecule has 0 saturated heterocycles. The molecule has 1 aliphatic rings. The van der Waals surface area contributed by atoms with Gasteiger partial charge in [-0.05, 0) is 25.0 Å². The molecule has 0 spiro atoms. The Labute approximate surface area is 183 Å². The summed E-state index contributed by atoms with van der Waals surface area (Å²) in [5.74, 6) is 2.00. The van der Waals surface area contributed by atoms with Gasteiger partial charge in [-0.2, -0.15) is 0 Å². The molecule has 0 bridgehead atoms. The predicted octanol–water partition coefficient (Wildman–Crippen LogP) is 4.12. The van der Waals surface area contributed by atoms with E-state index in [1.54, 1.807) is 7.11 Å². The lowest BCUT2D eigenvalue weighted by atomic mass is 9.90. The molecule has 0 atom stereocenters. The number of anilines is 1. The largest absolute Gasteiger partial charge is 0.496 e. The minimum Gasteiger partial charge on any atom is -0.496 e. The number of nitrogens with zero attached hydrogens (tertiary/aromatic N) is 5. The Bertz CT molecular complexity index is 1010. The summed E-state index contributed by atoms with van der Waals surface area (Å²) in [5.41, 5.74) is 0.857. The highest BCUT2D eigenvalue weighted by Crippen LogP contribution is 2.35. The Kier molecular flexibility index (Phi) is 6.63. The molecule has 4 rings (SSSR count). The molecule has 30 heavy (non-hydrogen) atoms. The monoisotopic (exact) mass is 444 g/mol. The van der Waals surface area contributed by atoms with E-state index in [0.717, 1.165) is 16.3 Å². The third kappa shape index (κ3) is 4.65. The fourth-order valence-electron chi connectivity index (χ4n) is 3.59. The minimum absolute atomic E-state index is 0.131. The molecule has 0 unspecified atom stereocenters. The number of hydrogen-bond acceptors (Lipinski definition) is 8. The molecule has 1 amide bonds. The van der Waals surface area contributed by atoms with Gasteiger partial charge < -0.3 is 9.30 Å². The van der Waals surface area contributed by atoms with Gasteiger partial charge in [-0.1, -0.05) is 54.5 Å². The molecule has 2 aromatic heterocycles. The summed E-state index contributed by atoms with van der Waals surface area (Å²) >= 11 is 2.82. The molecule has 1 saturated carbocycles. The van der Waals surface area contributed by atoms with E-state index in [1.165, 1.54) is 55.2 Å². The van der Waals surface area contributed by atoms with Crippen LogP contribution in [-0.2, 0) is 11.8 Å². The molecule has 8 nitrogen and oxygen atoms in total. The van der Waals surface area contributed by atoms with E-state index < -0.39 is 0 Å². The second kappa shape index (κ2) is 9.57. The van der Waals surface area contributed by atoms with Gasteiger partial charge in [-0.3, -0.25) is 10.1 Å². The summed E-state index contributed by atoms with van der Waals surface area (Å²) < 4.78 is 7.27. The molecule has 1 fully saturated rings. The van der Waals surface area contributed by atoms with Crippen LogP contribution in [-0.4, -0.2) is 43.7 Å². The van der Waals surface area contributed by atoms with Crippen molar-refractivity contribution in [2.24, 2.45) is 7.05 Å². The van der Waals surface area contributed by atoms with Crippen LogP contribution in [0.4, 0.5) is 5.13 Å². The highest BCUT2D eigenvalue weighted by Gasteiger charge is 2.21. The van der Waals surface area contributed by atoms with Gasteiger partial charge in [0, 0.05) is 13.0 Å². The lowest BCUT2D eigenvalue weighted by Crippen LogP contribution is -2.14. The molecule has 10 heteroatoms. The number of nitrogens with one attached hydrogen (secondary N) is 1. The zero-order valence-electron chi connectivity index (χ0n) is 17.0. The first-order valence-electron chi connectivity index (χ1n) is 9.94. The summed E-state index contributed by atoms with van der Waals surface area (Å²) in [6.45, 7) is 0. The quantitative estimate of drug-likeness (QED) is 0.548. The van der Waals surface area contributed by atoms with Crippen LogP contribution in [0.25, 0.3) is 11.4 Å². The zero-order chi connectivity index (χ0) is 20.9. The molecule has 1 aliphatic carbocycles. The lowest BCUT2D eigenvalue weighted by Gasteiger charge is -2.18. The molecule has 3 aromatic rings. The first-order valence-corrected chi connectivity index (χ1v) is 11.7. The average molecular weight is 445 g/mol. The van der Waals surface area contributed by atoms with Crippen molar-refractivity contribution in [2.75, 3.05) is 18.2 Å². The van der Waals surface area contributed by atoms with Gasteiger partial charge in [0.25, 0.3) is 0 Å². The van der Waals surface area contributed by atoms with Crippen LogP contribution in [0.1, 0.15) is 43.0 Å². The van der Waals surface area contributed by atoms with E-state index >= 15 is 0 Å². The second-order valence-corrected chi connectivity index (χ2v) is 9.13. The smallest absolute Gasteiger partial charge is 0.236 e. The van der Waals surface area contributed by atoms with Crippen molar-refractivity contribution in [1.82, 2.24) is 25.0 Å². The lowest BCUT2D eigenvalue weighted by molar-refractivity contribution is -0.113. The van der Waals surface area contributed by atoms with Crippen LogP contribution in [0.3, 0.4) is 0 Å². The van der Waals surface area contributed by atoms with Crippen molar-refractivity contribution in [3.8, 4) is 17.1 Å². The Hall–Kier alpha value is -2.46. The number of carbonyl (C=O) groups is 1. The van der Waals surface area contributed by atoms with Crippen molar-refractivity contribution in [3.63, 3.8) is 0 Å². The van der Waals surface area contributed by atoms with Crippen LogP contribution >= 0.6 is 23.1 Å². The van der Waals surface area contributed by atoms with E-state index in [9.17, 15) is 4.79 Å². The normalized spacial score (nSPS) is 14.6. The maximum Gasteiger partial charge on any atom is 0.236 e. The number of rotatable bonds is 7. The highest BCUT2D eigenvalue weighted by atomic mass is 32.2. The van der Waals surface area contributed by atoms with Crippen LogP contribution in [0.5, 0.6) is 5.75 Å². The van der Waals surface area contributed by atoms with Crippen molar-refractivity contribution in [2.45, 2.75) is 43.2 Å². The van der Waals surface area contributed by atoms with E-state index in [-0.39, 0.29) is 11.7 Å². The Morgan fingerprint density at radius 1 is 1.20 bits per heavy atom. The van der Waals surface area contributed by atoms with E-state index in [0.29, 0.717) is 22.0 Å². The zero-order valence-corrected chi connectivity index (χ0v) is 18.6. The molecular formula is C20H24N6O2S2.